The Bertz CT molecular complexity index is 1460. The van der Waals surface area contributed by atoms with Crippen LogP contribution in [0.2, 0.25) is 5.02 Å². The summed E-state index contributed by atoms with van der Waals surface area (Å²) in [6.07, 6.45) is 0.162. The van der Waals surface area contributed by atoms with E-state index in [4.69, 9.17) is 26.3 Å². The quantitative estimate of drug-likeness (QED) is 0.214. The molecular formula is C28H30ClN7O2S. The summed E-state index contributed by atoms with van der Waals surface area (Å²) >= 11 is 7.59. The molecule has 3 heterocycles. The lowest BCUT2D eigenvalue weighted by atomic mass is 10.1. The SMILES string of the molecule is Cc1cc(Nc2cc(N3CC(OC(C)(C)C)C3)nc(Sc3ccc(NC(=O)c4ccccc4Cl)cc3)n2)n[nH]1. The highest BCUT2D eigenvalue weighted by Gasteiger charge is 2.32. The minimum absolute atomic E-state index is 0.162. The highest BCUT2D eigenvalue weighted by Crippen LogP contribution is 2.32. The molecule has 39 heavy (non-hydrogen) atoms. The molecule has 202 valence electrons. The number of rotatable bonds is 8. The molecule has 1 saturated heterocycles. The molecule has 2 aromatic carbocycles. The molecule has 0 saturated carbocycles. The second-order valence-electron chi connectivity index (χ2n) is 10.3. The third-order valence-electron chi connectivity index (χ3n) is 5.79. The molecule has 11 heteroatoms. The number of carbonyl (C=O) groups is 1. The third-order valence-corrected chi connectivity index (χ3v) is 6.99. The number of amides is 1. The standard InChI is InChI=1S/C28H30ClN7O2S/c1-17-13-24(35-34-17)31-23-14-25(36-15-19(16-36)38-28(2,3)4)33-27(32-23)39-20-11-9-18(10-12-20)30-26(37)21-7-5-6-8-22(21)29/h5-14,19H,15-16H2,1-4H3,(H,30,37)(H2,31,32,33,34,35). The van der Waals surface area contributed by atoms with Crippen LogP contribution in [0.5, 0.6) is 0 Å². The lowest BCUT2D eigenvalue weighted by Crippen LogP contribution is -2.54. The smallest absolute Gasteiger partial charge is 0.257 e. The number of halogens is 1. The number of nitrogens with one attached hydrogen (secondary N) is 3. The van der Waals surface area contributed by atoms with Gasteiger partial charge in [0.1, 0.15) is 11.6 Å². The van der Waals surface area contributed by atoms with Gasteiger partial charge in [0, 0.05) is 41.5 Å². The Morgan fingerprint density at radius 3 is 2.49 bits per heavy atom. The zero-order chi connectivity index (χ0) is 27.6. The molecule has 0 radical (unpaired) electrons. The maximum absolute atomic E-state index is 12.6. The highest BCUT2D eigenvalue weighted by molar-refractivity contribution is 7.99. The van der Waals surface area contributed by atoms with E-state index in [1.165, 1.54) is 11.8 Å². The summed E-state index contributed by atoms with van der Waals surface area (Å²) in [4.78, 5) is 25.2. The molecule has 0 atom stereocenters. The van der Waals surface area contributed by atoms with Crippen LogP contribution >= 0.6 is 23.4 Å². The van der Waals surface area contributed by atoms with Crippen molar-refractivity contribution in [1.82, 2.24) is 20.2 Å². The Kier molecular flexibility index (Phi) is 7.79. The Morgan fingerprint density at radius 1 is 1.08 bits per heavy atom. The molecule has 2 aromatic heterocycles. The van der Waals surface area contributed by atoms with Gasteiger partial charge in [-0.3, -0.25) is 9.89 Å². The fraction of sp³-hybridized carbons (Fsp3) is 0.286. The summed E-state index contributed by atoms with van der Waals surface area (Å²) in [6.45, 7) is 9.67. The van der Waals surface area contributed by atoms with Crippen molar-refractivity contribution in [1.29, 1.82) is 0 Å². The first-order valence-corrected chi connectivity index (χ1v) is 13.8. The van der Waals surface area contributed by atoms with Crippen molar-refractivity contribution in [2.45, 2.75) is 49.5 Å². The van der Waals surface area contributed by atoms with Crippen LogP contribution in [-0.2, 0) is 4.74 Å². The van der Waals surface area contributed by atoms with E-state index in [0.29, 0.717) is 33.1 Å². The highest BCUT2D eigenvalue weighted by atomic mass is 35.5. The molecule has 0 spiro atoms. The van der Waals surface area contributed by atoms with Crippen LogP contribution in [0, 0.1) is 6.92 Å². The lowest BCUT2D eigenvalue weighted by Gasteiger charge is -2.42. The Labute approximate surface area is 236 Å². The van der Waals surface area contributed by atoms with E-state index in [1.54, 1.807) is 24.3 Å². The Balaban J connectivity index is 1.31. The maximum atomic E-state index is 12.6. The first-order valence-electron chi connectivity index (χ1n) is 12.6. The predicted molar refractivity (Wildman–Crippen MR) is 155 cm³/mol. The molecule has 3 N–H and O–H groups in total. The lowest BCUT2D eigenvalue weighted by molar-refractivity contribution is -0.0703. The van der Waals surface area contributed by atoms with Crippen LogP contribution in [0.4, 0.5) is 23.1 Å². The van der Waals surface area contributed by atoms with Gasteiger partial charge in [-0.25, -0.2) is 9.97 Å². The van der Waals surface area contributed by atoms with Gasteiger partial charge in [-0.1, -0.05) is 23.7 Å². The average molecular weight is 564 g/mol. The first-order chi connectivity index (χ1) is 18.6. The second-order valence-corrected chi connectivity index (χ2v) is 11.7. The van der Waals surface area contributed by atoms with Crippen molar-refractivity contribution >= 4 is 52.4 Å². The van der Waals surface area contributed by atoms with E-state index in [1.807, 2.05) is 43.3 Å². The zero-order valence-corrected chi connectivity index (χ0v) is 23.7. The number of anilines is 4. The molecule has 0 bridgehead atoms. The number of hydrogen-bond acceptors (Lipinski definition) is 8. The molecule has 0 unspecified atom stereocenters. The van der Waals surface area contributed by atoms with Crippen LogP contribution in [0.1, 0.15) is 36.8 Å². The number of hydrogen-bond donors (Lipinski definition) is 3. The Morgan fingerprint density at radius 2 is 1.82 bits per heavy atom. The molecule has 1 aliphatic rings. The first kappa shape index (κ1) is 27.0. The number of benzene rings is 2. The molecule has 9 nitrogen and oxygen atoms in total. The van der Waals surface area contributed by atoms with Crippen molar-refractivity contribution in [3.05, 3.63) is 76.9 Å². The number of aromatic nitrogens is 4. The monoisotopic (exact) mass is 563 g/mol. The topological polar surface area (TPSA) is 108 Å². The molecule has 1 amide bonds. The fourth-order valence-electron chi connectivity index (χ4n) is 4.05. The molecule has 4 aromatic rings. The van der Waals surface area contributed by atoms with Crippen molar-refractivity contribution in [2.24, 2.45) is 0 Å². The van der Waals surface area contributed by atoms with Crippen molar-refractivity contribution in [3.63, 3.8) is 0 Å². The van der Waals surface area contributed by atoms with Gasteiger partial charge in [0.2, 0.25) is 0 Å². The maximum Gasteiger partial charge on any atom is 0.257 e. The van der Waals surface area contributed by atoms with Crippen molar-refractivity contribution in [3.8, 4) is 0 Å². The van der Waals surface area contributed by atoms with Crippen molar-refractivity contribution < 1.29 is 9.53 Å². The summed E-state index contributed by atoms with van der Waals surface area (Å²) in [5.41, 5.74) is 1.86. The largest absolute Gasteiger partial charge is 0.369 e. The zero-order valence-electron chi connectivity index (χ0n) is 22.2. The number of ether oxygens (including phenoxy) is 1. The summed E-state index contributed by atoms with van der Waals surface area (Å²) in [7, 11) is 0. The number of carbonyl (C=O) groups excluding carboxylic acids is 1. The number of aryl methyl sites for hydroxylation is 1. The average Bonchev–Trinajstić information content (AvgIpc) is 3.26. The minimum atomic E-state index is -0.260. The predicted octanol–water partition coefficient (Wildman–Crippen LogP) is 6.31. The van der Waals surface area contributed by atoms with Gasteiger partial charge < -0.3 is 20.3 Å². The molecule has 1 aliphatic heterocycles. The molecule has 5 rings (SSSR count). The second kappa shape index (κ2) is 11.3. The number of nitrogens with zero attached hydrogens (tertiary/aromatic N) is 4. The van der Waals surface area contributed by atoms with Gasteiger partial charge in [-0.15, -0.1) is 0 Å². The molecule has 1 fully saturated rings. The fourth-order valence-corrected chi connectivity index (χ4v) is 5.04. The summed E-state index contributed by atoms with van der Waals surface area (Å²) < 4.78 is 6.10. The van der Waals surface area contributed by atoms with Gasteiger partial charge in [-0.2, -0.15) is 5.10 Å². The van der Waals surface area contributed by atoms with Crippen LogP contribution in [0.25, 0.3) is 0 Å². The van der Waals surface area contributed by atoms with Gasteiger partial charge in [0.15, 0.2) is 11.0 Å². The van der Waals surface area contributed by atoms with Crippen LogP contribution in [0.3, 0.4) is 0 Å². The minimum Gasteiger partial charge on any atom is -0.369 e. The summed E-state index contributed by atoms with van der Waals surface area (Å²) in [5.74, 6) is 1.89. The van der Waals surface area contributed by atoms with E-state index >= 15 is 0 Å². The normalized spacial score (nSPS) is 13.7. The summed E-state index contributed by atoms with van der Waals surface area (Å²) in [6, 6.07) is 18.3. The molecule has 0 aliphatic carbocycles. The van der Waals surface area contributed by atoms with Gasteiger partial charge in [-0.05, 0) is 75.9 Å². The van der Waals surface area contributed by atoms with E-state index in [-0.39, 0.29) is 17.6 Å². The van der Waals surface area contributed by atoms with E-state index in [0.717, 1.165) is 29.5 Å². The van der Waals surface area contributed by atoms with Crippen molar-refractivity contribution in [2.75, 3.05) is 28.6 Å². The number of H-pyrrole nitrogens is 1. The number of aromatic amines is 1. The van der Waals surface area contributed by atoms with Gasteiger partial charge >= 0.3 is 0 Å². The van der Waals surface area contributed by atoms with E-state index < -0.39 is 0 Å². The Hall–Kier alpha value is -3.60. The van der Waals surface area contributed by atoms with E-state index in [2.05, 4.69) is 46.5 Å². The summed E-state index contributed by atoms with van der Waals surface area (Å²) in [5, 5.41) is 14.4. The molecular weight excluding hydrogens is 534 g/mol. The van der Waals surface area contributed by atoms with Crippen LogP contribution in [-0.4, -0.2) is 50.9 Å². The van der Waals surface area contributed by atoms with Gasteiger partial charge in [0.05, 0.1) is 22.3 Å². The van der Waals surface area contributed by atoms with Crippen LogP contribution < -0.4 is 15.5 Å². The van der Waals surface area contributed by atoms with Crippen LogP contribution in [0.15, 0.2) is 70.7 Å². The third kappa shape index (κ3) is 7.08. The van der Waals surface area contributed by atoms with Gasteiger partial charge in [0.25, 0.3) is 5.91 Å². The van der Waals surface area contributed by atoms with E-state index in [9.17, 15) is 4.79 Å².